The Morgan fingerprint density at radius 2 is 1.81 bits per heavy atom. The molecule has 4 nitrogen and oxygen atoms in total. The molecule has 0 spiro atoms. The van der Waals surface area contributed by atoms with Gasteiger partial charge in [-0.05, 0) is 30.2 Å². The Labute approximate surface area is 123 Å². The fraction of sp³-hybridized carbons (Fsp3) is 0.176. The van der Waals surface area contributed by atoms with Crippen LogP contribution in [0, 0.1) is 6.92 Å². The van der Waals surface area contributed by atoms with Crippen LogP contribution in [0.1, 0.15) is 16.7 Å². The molecule has 0 bridgehead atoms. The molecule has 2 aromatic carbocycles. The summed E-state index contributed by atoms with van der Waals surface area (Å²) in [5, 5.41) is 5.83. The quantitative estimate of drug-likeness (QED) is 0.867. The van der Waals surface area contributed by atoms with E-state index in [9.17, 15) is 4.79 Å². The molecule has 1 aliphatic heterocycles. The second kappa shape index (κ2) is 5.79. The molecular weight excluding hydrogens is 264 g/mol. The number of hydrogen-bond donors (Lipinski definition) is 0. The molecule has 0 aromatic heterocycles. The lowest BCUT2D eigenvalue weighted by Gasteiger charge is -2.24. The van der Waals surface area contributed by atoms with Crippen LogP contribution in [0.4, 0.5) is 0 Å². The minimum Gasteiger partial charge on any atom is -0.466 e. The summed E-state index contributed by atoms with van der Waals surface area (Å²) >= 11 is 0. The first-order valence-corrected chi connectivity index (χ1v) is 6.86. The van der Waals surface area contributed by atoms with Gasteiger partial charge in [-0.3, -0.25) is 4.79 Å². The zero-order chi connectivity index (χ0) is 14.7. The summed E-state index contributed by atoms with van der Waals surface area (Å²) in [4.78, 5) is 12.0. The van der Waals surface area contributed by atoms with E-state index in [0.717, 1.165) is 16.7 Å². The summed E-state index contributed by atoms with van der Waals surface area (Å²) in [5.41, 5.74) is 3.11. The Bertz CT molecular complexity index is 680. The Hall–Kier alpha value is -2.62. The van der Waals surface area contributed by atoms with E-state index in [1.807, 2.05) is 61.5 Å². The molecule has 1 amide bonds. The van der Waals surface area contributed by atoms with E-state index in [2.05, 4.69) is 5.10 Å². The van der Waals surface area contributed by atoms with Crippen molar-refractivity contribution >= 4 is 11.8 Å². The van der Waals surface area contributed by atoms with Crippen LogP contribution in [-0.4, -0.2) is 23.4 Å². The molecule has 4 heteroatoms. The predicted octanol–water partition coefficient (Wildman–Crippen LogP) is 2.72. The lowest BCUT2D eigenvalue weighted by atomic mass is 10.1. The summed E-state index contributed by atoms with van der Waals surface area (Å²) < 4.78 is 5.43. The zero-order valence-electron chi connectivity index (χ0n) is 11.8. The highest BCUT2D eigenvalue weighted by molar-refractivity contribution is 5.97. The maximum atomic E-state index is 12.0. The number of rotatable bonds is 3. The van der Waals surface area contributed by atoms with Crippen molar-refractivity contribution in [2.24, 2.45) is 5.10 Å². The first-order chi connectivity index (χ1) is 10.2. The first kappa shape index (κ1) is 13.4. The molecule has 0 aliphatic carbocycles. The normalized spacial score (nSPS) is 14.6. The van der Waals surface area contributed by atoms with Gasteiger partial charge in [-0.1, -0.05) is 42.5 Å². The van der Waals surface area contributed by atoms with Gasteiger partial charge in [0.25, 0.3) is 5.91 Å². The van der Waals surface area contributed by atoms with Gasteiger partial charge in [0.2, 0.25) is 5.90 Å². The van der Waals surface area contributed by atoms with Crippen molar-refractivity contribution in [2.75, 3.05) is 6.61 Å². The van der Waals surface area contributed by atoms with Crippen molar-refractivity contribution in [1.29, 1.82) is 0 Å². The maximum Gasteiger partial charge on any atom is 0.281 e. The molecule has 106 valence electrons. The van der Waals surface area contributed by atoms with Crippen molar-refractivity contribution in [2.45, 2.75) is 13.5 Å². The van der Waals surface area contributed by atoms with Crippen molar-refractivity contribution in [1.82, 2.24) is 5.01 Å². The smallest absolute Gasteiger partial charge is 0.281 e. The lowest BCUT2D eigenvalue weighted by molar-refractivity contribution is -0.136. The number of amides is 1. The van der Waals surface area contributed by atoms with E-state index >= 15 is 0 Å². The van der Waals surface area contributed by atoms with Crippen LogP contribution in [0.5, 0.6) is 0 Å². The molecule has 1 aliphatic rings. The summed E-state index contributed by atoms with van der Waals surface area (Å²) in [7, 11) is 0. The highest BCUT2D eigenvalue weighted by Crippen LogP contribution is 2.15. The molecule has 2 aromatic rings. The van der Waals surface area contributed by atoms with Crippen molar-refractivity contribution in [3.8, 4) is 0 Å². The van der Waals surface area contributed by atoms with E-state index in [4.69, 9.17) is 4.74 Å². The molecule has 0 N–H and O–H groups in total. The molecule has 0 unspecified atom stereocenters. The molecule has 1 heterocycles. The summed E-state index contributed by atoms with van der Waals surface area (Å²) in [6.07, 6.45) is 0. The second-order valence-corrected chi connectivity index (χ2v) is 4.94. The third-order valence-corrected chi connectivity index (χ3v) is 3.43. The summed E-state index contributed by atoms with van der Waals surface area (Å²) in [5.74, 6) is 0.363. The van der Waals surface area contributed by atoms with Gasteiger partial charge in [0, 0.05) is 5.56 Å². The number of ether oxygens (including phenoxy) is 1. The maximum absolute atomic E-state index is 12.0. The Morgan fingerprint density at radius 1 is 1.10 bits per heavy atom. The number of hydrazone groups is 1. The van der Waals surface area contributed by atoms with Crippen LogP contribution in [0.25, 0.3) is 0 Å². The standard InChI is InChI=1S/C17H16N2O2/c1-13-7-5-6-10-15(13)11-19-16(20)12-21-17(18-19)14-8-3-2-4-9-14/h2-10H,11-12H2,1H3. The van der Waals surface area contributed by atoms with Gasteiger partial charge < -0.3 is 4.74 Å². The molecular formula is C17H16N2O2. The third kappa shape index (κ3) is 2.94. The van der Waals surface area contributed by atoms with Crippen LogP contribution in [-0.2, 0) is 16.1 Å². The molecule has 3 rings (SSSR count). The van der Waals surface area contributed by atoms with Crippen LogP contribution < -0.4 is 0 Å². The minimum absolute atomic E-state index is 0.0274. The molecule has 0 fully saturated rings. The summed E-state index contributed by atoms with van der Waals surface area (Å²) in [6, 6.07) is 17.6. The Kier molecular flexibility index (Phi) is 3.69. The average molecular weight is 280 g/mol. The van der Waals surface area contributed by atoms with E-state index in [1.165, 1.54) is 5.01 Å². The van der Waals surface area contributed by atoms with Gasteiger partial charge in [-0.2, -0.15) is 0 Å². The fourth-order valence-corrected chi connectivity index (χ4v) is 2.19. The van der Waals surface area contributed by atoms with Gasteiger partial charge in [0.1, 0.15) is 0 Å². The topological polar surface area (TPSA) is 41.9 Å². The molecule has 0 radical (unpaired) electrons. The van der Waals surface area contributed by atoms with Crippen molar-refractivity contribution in [3.05, 3.63) is 71.3 Å². The minimum atomic E-state index is -0.127. The van der Waals surface area contributed by atoms with Gasteiger partial charge in [-0.15, -0.1) is 5.10 Å². The number of benzene rings is 2. The number of carbonyl (C=O) groups is 1. The van der Waals surface area contributed by atoms with E-state index in [-0.39, 0.29) is 12.5 Å². The van der Waals surface area contributed by atoms with Crippen molar-refractivity contribution < 1.29 is 9.53 Å². The first-order valence-electron chi connectivity index (χ1n) is 6.86. The molecule has 21 heavy (non-hydrogen) atoms. The third-order valence-electron chi connectivity index (χ3n) is 3.43. The van der Waals surface area contributed by atoms with Crippen LogP contribution in [0.15, 0.2) is 59.7 Å². The molecule has 0 atom stereocenters. The fourth-order valence-electron chi connectivity index (χ4n) is 2.19. The Morgan fingerprint density at radius 3 is 2.57 bits per heavy atom. The highest BCUT2D eigenvalue weighted by atomic mass is 16.5. The lowest BCUT2D eigenvalue weighted by Crippen LogP contribution is -2.36. The Balaban J connectivity index is 1.87. The number of hydrogen-bond acceptors (Lipinski definition) is 3. The van der Waals surface area contributed by atoms with Gasteiger partial charge in [-0.25, -0.2) is 5.01 Å². The van der Waals surface area contributed by atoms with Gasteiger partial charge in [0.05, 0.1) is 6.54 Å². The van der Waals surface area contributed by atoms with E-state index < -0.39 is 0 Å². The number of carbonyl (C=O) groups excluding carboxylic acids is 1. The summed E-state index contributed by atoms with van der Waals surface area (Å²) in [6.45, 7) is 2.52. The SMILES string of the molecule is Cc1ccccc1CN1N=C(c2ccccc2)OCC1=O. The van der Waals surface area contributed by atoms with Crippen LogP contribution >= 0.6 is 0 Å². The highest BCUT2D eigenvalue weighted by Gasteiger charge is 2.22. The van der Waals surface area contributed by atoms with E-state index in [0.29, 0.717) is 12.4 Å². The molecule has 0 saturated heterocycles. The van der Waals surface area contributed by atoms with Crippen LogP contribution in [0.3, 0.4) is 0 Å². The van der Waals surface area contributed by atoms with Crippen LogP contribution in [0.2, 0.25) is 0 Å². The largest absolute Gasteiger partial charge is 0.466 e. The predicted molar refractivity (Wildman–Crippen MR) is 80.7 cm³/mol. The van der Waals surface area contributed by atoms with Crippen molar-refractivity contribution in [3.63, 3.8) is 0 Å². The average Bonchev–Trinajstić information content (AvgIpc) is 2.52. The number of nitrogens with zero attached hydrogens (tertiary/aromatic N) is 2. The zero-order valence-corrected chi connectivity index (χ0v) is 11.8. The number of aryl methyl sites for hydroxylation is 1. The monoisotopic (exact) mass is 280 g/mol. The second-order valence-electron chi connectivity index (χ2n) is 4.94. The molecule has 0 saturated carbocycles. The van der Waals surface area contributed by atoms with Gasteiger partial charge in [0.15, 0.2) is 6.61 Å². The van der Waals surface area contributed by atoms with Gasteiger partial charge >= 0.3 is 0 Å². The van der Waals surface area contributed by atoms with E-state index in [1.54, 1.807) is 0 Å².